The third-order valence-corrected chi connectivity index (χ3v) is 8.14. The summed E-state index contributed by atoms with van der Waals surface area (Å²) in [5.74, 6) is 5.06. The van der Waals surface area contributed by atoms with Crippen LogP contribution in [0.5, 0.6) is 0 Å². The molecular weight excluding hydrogens is 324 g/mol. The molecule has 2 saturated carbocycles. The molecule has 0 aromatic heterocycles. The molecule has 0 nitrogen and oxygen atoms in total. The maximum absolute atomic E-state index is 3.93. The number of benzene rings is 1. The molecule has 1 aromatic rings. The highest BCUT2D eigenvalue weighted by Gasteiger charge is 2.38. The largest absolute Gasteiger partial charge is 0.0985 e. The number of fused-ring (bicyclic) bond motifs is 2. The molecule has 0 heteroatoms. The van der Waals surface area contributed by atoms with Crippen LogP contribution in [0.25, 0.3) is 6.08 Å². The van der Waals surface area contributed by atoms with E-state index < -0.39 is 0 Å². The van der Waals surface area contributed by atoms with Crippen molar-refractivity contribution in [2.24, 2.45) is 29.6 Å². The highest BCUT2D eigenvalue weighted by molar-refractivity contribution is 5.50. The van der Waals surface area contributed by atoms with E-state index >= 15 is 0 Å². The topological polar surface area (TPSA) is 0 Å². The van der Waals surface area contributed by atoms with Gasteiger partial charge in [-0.05, 0) is 117 Å². The molecule has 0 saturated heterocycles. The Bertz CT molecular complexity index is 667. The molecule has 5 atom stereocenters. The summed E-state index contributed by atoms with van der Waals surface area (Å²) in [6, 6.07) is 7.03. The first-order chi connectivity index (χ1) is 13.3. The Kier molecular flexibility index (Phi) is 6.21. The molecule has 0 amide bonds. The average molecular weight is 363 g/mol. The lowest BCUT2D eigenvalue weighted by atomic mass is 9.61. The van der Waals surface area contributed by atoms with Gasteiger partial charge in [0.25, 0.3) is 0 Å². The fourth-order valence-electron chi connectivity index (χ4n) is 6.54. The van der Waals surface area contributed by atoms with Crippen molar-refractivity contribution < 1.29 is 0 Å². The molecule has 0 radical (unpaired) electrons. The second-order valence-corrected chi connectivity index (χ2v) is 9.65. The summed E-state index contributed by atoms with van der Waals surface area (Å²) in [4.78, 5) is 0. The van der Waals surface area contributed by atoms with Crippen LogP contribution in [-0.2, 0) is 12.8 Å². The van der Waals surface area contributed by atoms with Crippen molar-refractivity contribution in [1.82, 2.24) is 0 Å². The number of aryl methyl sites for hydroxylation is 1. The Hall–Kier alpha value is -1.30. The van der Waals surface area contributed by atoms with Crippen LogP contribution in [0.15, 0.2) is 36.9 Å². The molecule has 0 spiro atoms. The van der Waals surface area contributed by atoms with Gasteiger partial charge in [0.05, 0.1) is 0 Å². The van der Waals surface area contributed by atoms with Gasteiger partial charge >= 0.3 is 0 Å². The van der Waals surface area contributed by atoms with Gasteiger partial charge in [0.1, 0.15) is 0 Å². The van der Waals surface area contributed by atoms with Gasteiger partial charge in [-0.3, -0.25) is 0 Å². The van der Waals surface area contributed by atoms with Crippen molar-refractivity contribution in [3.63, 3.8) is 0 Å². The monoisotopic (exact) mass is 362 g/mol. The van der Waals surface area contributed by atoms with E-state index in [1.54, 1.807) is 11.1 Å². The maximum atomic E-state index is 3.93. The summed E-state index contributed by atoms with van der Waals surface area (Å²) < 4.78 is 0. The van der Waals surface area contributed by atoms with E-state index in [2.05, 4.69) is 43.9 Å². The van der Waals surface area contributed by atoms with Gasteiger partial charge in [-0.1, -0.05) is 49.4 Å². The van der Waals surface area contributed by atoms with Crippen LogP contribution in [0.2, 0.25) is 0 Å². The third kappa shape index (κ3) is 4.41. The average Bonchev–Trinajstić information content (AvgIpc) is 2.72. The molecule has 3 aliphatic rings. The minimum absolute atomic E-state index is 0.945. The van der Waals surface area contributed by atoms with Crippen LogP contribution in [0.1, 0.15) is 81.4 Å². The lowest BCUT2D eigenvalue weighted by Gasteiger charge is -2.45. The zero-order valence-electron chi connectivity index (χ0n) is 17.3. The lowest BCUT2D eigenvalue weighted by Crippen LogP contribution is -2.35. The molecular formula is C27H38. The molecule has 1 aromatic carbocycles. The van der Waals surface area contributed by atoms with E-state index in [4.69, 9.17) is 0 Å². The summed E-state index contributed by atoms with van der Waals surface area (Å²) in [5.41, 5.74) is 4.52. The fourth-order valence-corrected chi connectivity index (χ4v) is 6.54. The SMILES string of the molecule is C=Cc1ccc2c(c1)CCC(C1CCC3CC(CCC=CC)CCC3C1)C2. The van der Waals surface area contributed by atoms with Crippen LogP contribution in [0.3, 0.4) is 0 Å². The van der Waals surface area contributed by atoms with E-state index in [-0.39, 0.29) is 0 Å². The Morgan fingerprint density at radius 2 is 1.70 bits per heavy atom. The van der Waals surface area contributed by atoms with Gasteiger partial charge in [0.15, 0.2) is 0 Å². The van der Waals surface area contributed by atoms with Crippen LogP contribution < -0.4 is 0 Å². The molecule has 3 aliphatic carbocycles. The Labute approximate surface area is 167 Å². The summed E-state index contributed by atoms with van der Waals surface area (Å²) in [7, 11) is 0. The third-order valence-electron chi connectivity index (χ3n) is 8.14. The van der Waals surface area contributed by atoms with E-state index in [1.165, 1.54) is 76.2 Å². The van der Waals surface area contributed by atoms with Gasteiger partial charge in [-0.2, -0.15) is 0 Å². The lowest BCUT2D eigenvalue weighted by molar-refractivity contribution is 0.0699. The normalized spacial score (nSPS) is 33.4. The summed E-state index contributed by atoms with van der Waals surface area (Å²) in [5, 5.41) is 0. The van der Waals surface area contributed by atoms with Gasteiger partial charge < -0.3 is 0 Å². The first kappa shape index (κ1) is 19.0. The number of hydrogen-bond acceptors (Lipinski definition) is 0. The molecule has 4 rings (SSSR count). The van der Waals surface area contributed by atoms with Crippen molar-refractivity contribution in [3.05, 3.63) is 53.6 Å². The molecule has 0 aliphatic heterocycles. The minimum atomic E-state index is 0.945. The molecule has 0 bridgehead atoms. The van der Waals surface area contributed by atoms with Gasteiger partial charge in [-0.15, -0.1) is 0 Å². The van der Waals surface area contributed by atoms with Gasteiger partial charge in [0.2, 0.25) is 0 Å². The van der Waals surface area contributed by atoms with Gasteiger partial charge in [-0.25, -0.2) is 0 Å². The second kappa shape index (κ2) is 8.80. The van der Waals surface area contributed by atoms with Crippen LogP contribution in [-0.4, -0.2) is 0 Å². The standard InChI is InChI=1S/C27H38/c1-3-5-6-7-21-9-11-25-19-27(15-13-23(25)17-21)26-14-12-22-16-20(4-2)8-10-24(22)18-26/h3-5,8,10,16,21,23,25-27H,2,6-7,9,11-15,17-19H2,1H3. The molecule has 2 fully saturated rings. The first-order valence-corrected chi connectivity index (χ1v) is 11.6. The van der Waals surface area contributed by atoms with E-state index in [9.17, 15) is 0 Å². The van der Waals surface area contributed by atoms with Crippen molar-refractivity contribution in [2.45, 2.75) is 77.6 Å². The van der Waals surface area contributed by atoms with E-state index in [1.807, 2.05) is 6.08 Å². The Morgan fingerprint density at radius 3 is 2.52 bits per heavy atom. The second-order valence-electron chi connectivity index (χ2n) is 9.65. The Balaban J connectivity index is 1.32. The van der Waals surface area contributed by atoms with Crippen LogP contribution >= 0.6 is 0 Å². The smallest absolute Gasteiger partial charge is 0.0245 e. The number of rotatable bonds is 5. The minimum Gasteiger partial charge on any atom is -0.0985 e. The van der Waals surface area contributed by atoms with E-state index in [0.29, 0.717) is 0 Å². The quantitative estimate of drug-likeness (QED) is 0.472. The van der Waals surface area contributed by atoms with Crippen molar-refractivity contribution in [1.29, 1.82) is 0 Å². The number of hydrogen-bond donors (Lipinski definition) is 0. The molecule has 27 heavy (non-hydrogen) atoms. The van der Waals surface area contributed by atoms with Crippen LogP contribution in [0, 0.1) is 29.6 Å². The maximum Gasteiger partial charge on any atom is -0.0245 e. The fraction of sp³-hybridized carbons (Fsp3) is 0.630. The predicted octanol–water partition coefficient (Wildman–Crippen LogP) is 7.62. The highest BCUT2D eigenvalue weighted by Crippen LogP contribution is 2.49. The van der Waals surface area contributed by atoms with Gasteiger partial charge in [0, 0.05) is 0 Å². The first-order valence-electron chi connectivity index (χ1n) is 11.6. The molecule has 0 heterocycles. The van der Waals surface area contributed by atoms with Crippen molar-refractivity contribution in [3.8, 4) is 0 Å². The van der Waals surface area contributed by atoms with E-state index in [0.717, 1.165) is 29.6 Å². The summed E-state index contributed by atoms with van der Waals surface area (Å²) in [6.45, 7) is 6.08. The Morgan fingerprint density at radius 1 is 0.926 bits per heavy atom. The summed E-state index contributed by atoms with van der Waals surface area (Å²) >= 11 is 0. The molecule has 5 unspecified atom stereocenters. The van der Waals surface area contributed by atoms with Crippen molar-refractivity contribution in [2.75, 3.05) is 0 Å². The molecule has 0 N–H and O–H groups in total. The number of allylic oxidation sites excluding steroid dienone is 2. The van der Waals surface area contributed by atoms with Crippen molar-refractivity contribution >= 4 is 6.08 Å². The zero-order chi connectivity index (χ0) is 18.6. The zero-order valence-corrected chi connectivity index (χ0v) is 17.3. The highest BCUT2D eigenvalue weighted by atomic mass is 14.4. The molecule has 146 valence electrons. The predicted molar refractivity (Wildman–Crippen MR) is 118 cm³/mol. The van der Waals surface area contributed by atoms with Crippen LogP contribution in [0.4, 0.5) is 0 Å². The summed E-state index contributed by atoms with van der Waals surface area (Å²) in [6.07, 6.45) is 22.5.